The zero-order valence-corrected chi connectivity index (χ0v) is 10.7. The summed E-state index contributed by atoms with van der Waals surface area (Å²) in [6, 6.07) is -0.904. The summed E-state index contributed by atoms with van der Waals surface area (Å²) < 4.78 is 0. The number of primary amides is 1. The molecule has 17 heavy (non-hydrogen) atoms. The number of carbonyl (C=O) groups excluding carboxylic acids is 2. The van der Waals surface area contributed by atoms with Crippen LogP contribution in [0.2, 0.25) is 0 Å². The van der Waals surface area contributed by atoms with Crippen molar-refractivity contribution in [1.82, 2.24) is 15.5 Å². The Balaban J connectivity index is 2.42. The van der Waals surface area contributed by atoms with Gasteiger partial charge in [-0.25, -0.2) is 4.79 Å². The Morgan fingerprint density at radius 3 is 2.65 bits per heavy atom. The molecule has 0 radical (unpaired) electrons. The molecule has 1 heterocycles. The van der Waals surface area contributed by atoms with Gasteiger partial charge in [0.15, 0.2) is 0 Å². The number of likely N-dealkylation sites (tertiary alicyclic amines) is 1. The second-order valence-electron chi connectivity index (χ2n) is 4.88. The van der Waals surface area contributed by atoms with Gasteiger partial charge in [-0.2, -0.15) is 0 Å². The molecule has 6 heteroatoms. The van der Waals surface area contributed by atoms with Gasteiger partial charge in [0, 0.05) is 12.6 Å². The average molecular weight is 242 g/mol. The number of hydrogen-bond acceptors (Lipinski definition) is 4. The first-order valence-corrected chi connectivity index (χ1v) is 5.95. The minimum absolute atomic E-state index is 0.305. The maximum absolute atomic E-state index is 11.5. The van der Waals surface area contributed by atoms with Crippen LogP contribution in [-0.4, -0.2) is 49.1 Å². The van der Waals surface area contributed by atoms with Gasteiger partial charge < -0.3 is 16.0 Å². The van der Waals surface area contributed by atoms with Crippen LogP contribution in [0, 0.1) is 5.92 Å². The molecule has 1 rings (SSSR count). The van der Waals surface area contributed by atoms with Crippen molar-refractivity contribution in [3.05, 3.63) is 0 Å². The van der Waals surface area contributed by atoms with Crippen LogP contribution in [0.4, 0.5) is 4.79 Å². The van der Waals surface area contributed by atoms with Crippen LogP contribution in [0.5, 0.6) is 0 Å². The van der Waals surface area contributed by atoms with Gasteiger partial charge in [-0.3, -0.25) is 10.1 Å². The summed E-state index contributed by atoms with van der Waals surface area (Å²) in [4.78, 5) is 24.4. The maximum atomic E-state index is 11.5. The quantitative estimate of drug-likeness (QED) is 0.622. The molecule has 0 aromatic heterocycles. The van der Waals surface area contributed by atoms with E-state index in [-0.39, 0.29) is 5.91 Å². The number of nitrogens with one attached hydrogen (secondary N) is 2. The molecule has 3 amide bonds. The van der Waals surface area contributed by atoms with Crippen LogP contribution in [0.3, 0.4) is 0 Å². The summed E-state index contributed by atoms with van der Waals surface area (Å²) in [5, 5.41) is 5.33. The fourth-order valence-electron chi connectivity index (χ4n) is 2.23. The van der Waals surface area contributed by atoms with E-state index in [1.807, 2.05) is 0 Å². The van der Waals surface area contributed by atoms with E-state index in [9.17, 15) is 9.59 Å². The fraction of sp³-hybridized carbons (Fsp3) is 0.818. The first-order valence-electron chi connectivity index (χ1n) is 5.95. The molecule has 0 aliphatic carbocycles. The number of urea groups is 1. The van der Waals surface area contributed by atoms with E-state index in [1.54, 1.807) is 6.92 Å². The van der Waals surface area contributed by atoms with Crippen LogP contribution >= 0.6 is 0 Å². The Hall–Kier alpha value is -1.14. The maximum Gasteiger partial charge on any atom is 0.318 e. The molecule has 3 atom stereocenters. The SMILES string of the molecule is CC(NC1CCN(C)CC1C)C(=O)NC(N)=O. The molecule has 0 aromatic carbocycles. The predicted molar refractivity (Wildman–Crippen MR) is 65.4 cm³/mol. The van der Waals surface area contributed by atoms with Crippen LogP contribution < -0.4 is 16.4 Å². The van der Waals surface area contributed by atoms with Gasteiger partial charge in [-0.15, -0.1) is 0 Å². The molecular weight excluding hydrogens is 220 g/mol. The normalized spacial score (nSPS) is 27.5. The monoisotopic (exact) mass is 242 g/mol. The van der Waals surface area contributed by atoms with E-state index in [1.165, 1.54) is 0 Å². The lowest BCUT2D eigenvalue weighted by Crippen LogP contribution is -2.54. The van der Waals surface area contributed by atoms with Gasteiger partial charge in [0.05, 0.1) is 6.04 Å². The van der Waals surface area contributed by atoms with E-state index in [0.29, 0.717) is 12.0 Å². The highest BCUT2D eigenvalue weighted by Crippen LogP contribution is 2.15. The number of nitrogens with zero attached hydrogens (tertiary/aromatic N) is 1. The third-order valence-electron chi connectivity index (χ3n) is 3.21. The zero-order valence-electron chi connectivity index (χ0n) is 10.7. The van der Waals surface area contributed by atoms with Crippen LogP contribution in [-0.2, 0) is 4.79 Å². The minimum atomic E-state index is -0.805. The van der Waals surface area contributed by atoms with Crippen molar-refractivity contribution in [2.45, 2.75) is 32.4 Å². The molecule has 0 aromatic rings. The third kappa shape index (κ3) is 4.32. The largest absolute Gasteiger partial charge is 0.351 e. The number of rotatable bonds is 3. The molecule has 0 spiro atoms. The highest BCUT2D eigenvalue weighted by molar-refractivity contribution is 5.96. The van der Waals surface area contributed by atoms with Gasteiger partial charge in [0.25, 0.3) is 0 Å². The minimum Gasteiger partial charge on any atom is -0.351 e. The van der Waals surface area contributed by atoms with Crippen LogP contribution in [0.1, 0.15) is 20.3 Å². The van der Waals surface area contributed by atoms with E-state index >= 15 is 0 Å². The molecule has 1 fully saturated rings. The summed E-state index contributed by atoms with van der Waals surface area (Å²) in [6.45, 7) is 5.93. The fourth-order valence-corrected chi connectivity index (χ4v) is 2.23. The van der Waals surface area contributed by atoms with Gasteiger partial charge >= 0.3 is 6.03 Å². The summed E-state index contributed by atoms with van der Waals surface area (Å²) in [5.74, 6) is 0.112. The van der Waals surface area contributed by atoms with Gasteiger partial charge in [0.2, 0.25) is 5.91 Å². The topological polar surface area (TPSA) is 87.5 Å². The smallest absolute Gasteiger partial charge is 0.318 e. The lowest BCUT2D eigenvalue weighted by Gasteiger charge is -2.36. The van der Waals surface area contributed by atoms with Crippen LogP contribution in [0.15, 0.2) is 0 Å². The van der Waals surface area contributed by atoms with Gasteiger partial charge in [-0.1, -0.05) is 6.92 Å². The molecule has 0 bridgehead atoms. The first kappa shape index (κ1) is 13.9. The molecule has 1 saturated heterocycles. The van der Waals surface area contributed by atoms with Gasteiger partial charge in [-0.05, 0) is 32.9 Å². The molecule has 98 valence electrons. The average Bonchev–Trinajstić information content (AvgIpc) is 2.21. The van der Waals surface area contributed by atoms with E-state index in [2.05, 4.69) is 29.5 Å². The Morgan fingerprint density at radius 2 is 2.12 bits per heavy atom. The second kappa shape index (κ2) is 5.97. The van der Waals surface area contributed by atoms with Crippen molar-refractivity contribution in [3.63, 3.8) is 0 Å². The number of piperidine rings is 1. The highest BCUT2D eigenvalue weighted by Gasteiger charge is 2.27. The molecule has 0 saturated carbocycles. The molecule has 3 unspecified atom stereocenters. The summed E-state index contributed by atoms with van der Waals surface area (Å²) in [6.07, 6.45) is 1.01. The molecule has 6 nitrogen and oxygen atoms in total. The van der Waals surface area contributed by atoms with E-state index in [4.69, 9.17) is 5.73 Å². The Bertz CT molecular complexity index is 295. The van der Waals surface area contributed by atoms with Crippen molar-refractivity contribution >= 4 is 11.9 Å². The number of hydrogen-bond donors (Lipinski definition) is 3. The first-order chi connectivity index (χ1) is 7.90. The predicted octanol–water partition coefficient (Wildman–Crippen LogP) is -0.500. The summed E-state index contributed by atoms with van der Waals surface area (Å²) in [5.41, 5.74) is 4.90. The van der Waals surface area contributed by atoms with Crippen molar-refractivity contribution < 1.29 is 9.59 Å². The lowest BCUT2D eigenvalue weighted by molar-refractivity contribution is -0.122. The van der Waals surface area contributed by atoms with Crippen LogP contribution in [0.25, 0.3) is 0 Å². The number of imide groups is 1. The number of nitrogens with two attached hydrogens (primary N) is 1. The standard InChI is InChI=1S/C11H22N4O2/c1-7-6-15(3)5-4-9(7)13-8(2)10(16)14-11(12)17/h7-9,13H,4-6H2,1-3H3,(H3,12,14,16,17). The molecule has 1 aliphatic heterocycles. The second-order valence-corrected chi connectivity index (χ2v) is 4.88. The number of amides is 3. The molecule has 4 N–H and O–H groups in total. The van der Waals surface area contributed by atoms with Crippen molar-refractivity contribution in [1.29, 1.82) is 0 Å². The highest BCUT2D eigenvalue weighted by atomic mass is 16.2. The Labute approximate surface area is 102 Å². The molecule has 1 aliphatic rings. The van der Waals surface area contributed by atoms with Gasteiger partial charge in [0.1, 0.15) is 0 Å². The van der Waals surface area contributed by atoms with Crippen molar-refractivity contribution in [2.75, 3.05) is 20.1 Å². The zero-order chi connectivity index (χ0) is 13.0. The Kier molecular flexibility index (Phi) is 4.89. The Morgan fingerprint density at radius 1 is 1.47 bits per heavy atom. The lowest BCUT2D eigenvalue weighted by atomic mass is 9.93. The van der Waals surface area contributed by atoms with Crippen molar-refractivity contribution in [2.24, 2.45) is 11.7 Å². The summed E-state index contributed by atoms with van der Waals surface area (Å²) >= 11 is 0. The summed E-state index contributed by atoms with van der Waals surface area (Å²) in [7, 11) is 2.09. The van der Waals surface area contributed by atoms with E-state index < -0.39 is 12.1 Å². The molecular formula is C11H22N4O2. The van der Waals surface area contributed by atoms with Crippen molar-refractivity contribution in [3.8, 4) is 0 Å². The third-order valence-corrected chi connectivity index (χ3v) is 3.21. The number of carbonyl (C=O) groups is 2. The van der Waals surface area contributed by atoms with E-state index in [0.717, 1.165) is 19.5 Å².